The van der Waals surface area contributed by atoms with Crippen LogP contribution in [0, 0.1) is 0 Å². The van der Waals surface area contributed by atoms with Gasteiger partial charge in [0.15, 0.2) is 0 Å². The first-order valence-corrected chi connectivity index (χ1v) is 11.2. The summed E-state index contributed by atoms with van der Waals surface area (Å²) in [5, 5.41) is 6.05. The number of benzene rings is 3. The van der Waals surface area contributed by atoms with Crippen LogP contribution >= 0.6 is 11.6 Å². The van der Waals surface area contributed by atoms with Gasteiger partial charge in [0.05, 0.1) is 0 Å². The lowest BCUT2D eigenvalue weighted by Gasteiger charge is -2.18. The van der Waals surface area contributed by atoms with Crippen molar-refractivity contribution in [2.75, 3.05) is 0 Å². The molecule has 1 nitrogen and oxygen atoms in total. The van der Waals surface area contributed by atoms with Crippen LogP contribution in [0.4, 0.5) is 0 Å². The molecule has 0 radical (unpaired) electrons. The minimum Gasteiger partial charge on any atom is -0.455 e. The Kier molecular flexibility index (Phi) is 2.50. The molecular formula is C20H15ClOSi. The lowest BCUT2D eigenvalue weighted by Crippen LogP contribution is -2.49. The molecule has 1 aliphatic heterocycles. The van der Waals surface area contributed by atoms with Gasteiger partial charge in [-0.15, -0.1) is 0 Å². The summed E-state index contributed by atoms with van der Waals surface area (Å²) >= 11 is 6.30. The van der Waals surface area contributed by atoms with Crippen molar-refractivity contribution in [3.63, 3.8) is 0 Å². The molecule has 0 aliphatic carbocycles. The number of fused-ring (bicyclic) bond motifs is 7. The summed E-state index contributed by atoms with van der Waals surface area (Å²) in [5.74, 6) is 0. The van der Waals surface area contributed by atoms with Crippen LogP contribution in [-0.4, -0.2) is 8.07 Å². The van der Waals surface area contributed by atoms with Gasteiger partial charge in [0, 0.05) is 21.4 Å². The number of hydrogen-bond acceptors (Lipinski definition) is 1. The van der Waals surface area contributed by atoms with E-state index in [0.29, 0.717) is 0 Å². The second kappa shape index (κ2) is 4.28. The molecule has 0 saturated heterocycles. The Hall–Kier alpha value is -2.03. The van der Waals surface area contributed by atoms with E-state index in [1.54, 1.807) is 0 Å². The number of furan rings is 1. The van der Waals surface area contributed by atoms with Crippen molar-refractivity contribution < 1.29 is 4.42 Å². The predicted molar refractivity (Wildman–Crippen MR) is 101 cm³/mol. The Labute approximate surface area is 140 Å². The fourth-order valence-electron chi connectivity index (χ4n) is 3.99. The average Bonchev–Trinajstić information content (AvgIpc) is 3.01. The molecule has 0 amide bonds. The van der Waals surface area contributed by atoms with E-state index in [4.69, 9.17) is 16.0 Å². The monoisotopic (exact) mass is 334 g/mol. The molecule has 4 aromatic rings. The van der Waals surface area contributed by atoms with Crippen molar-refractivity contribution in [1.29, 1.82) is 0 Å². The van der Waals surface area contributed by atoms with Crippen LogP contribution in [0.15, 0.2) is 59.0 Å². The van der Waals surface area contributed by atoms with Crippen molar-refractivity contribution in [1.82, 2.24) is 0 Å². The zero-order valence-corrected chi connectivity index (χ0v) is 14.7. The van der Waals surface area contributed by atoms with E-state index in [0.717, 1.165) is 16.2 Å². The Morgan fingerprint density at radius 2 is 1.65 bits per heavy atom. The van der Waals surface area contributed by atoms with Gasteiger partial charge in [-0.1, -0.05) is 61.1 Å². The zero-order valence-electron chi connectivity index (χ0n) is 13.0. The largest absolute Gasteiger partial charge is 0.455 e. The fraction of sp³-hybridized carbons (Fsp3) is 0.100. The smallest absolute Gasteiger partial charge is 0.143 e. The molecule has 23 heavy (non-hydrogen) atoms. The molecule has 0 N–H and O–H groups in total. The molecule has 3 heteroatoms. The van der Waals surface area contributed by atoms with Crippen LogP contribution in [0.25, 0.3) is 33.1 Å². The van der Waals surface area contributed by atoms with Crippen molar-refractivity contribution in [2.45, 2.75) is 13.1 Å². The first-order valence-electron chi connectivity index (χ1n) is 7.82. The first kappa shape index (κ1) is 13.4. The molecule has 0 unspecified atom stereocenters. The summed E-state index contributed by atoms with van der Waals surface area (Å²) in [7, 11) is -1.69. The molecule has 0 bridgehead atoms. The highest BCUT2D eigenvalue weighted by atomic mass is 35.5. The van der Waals surface area contributed by atoms with Crippen molar-refractivity contribution in [3.8, 4) is 11.1 Å². The Morgan fingerprint density at radius 1 is 0.870 bits per heavy atom. The van der Waals surface area contributed by atoms with Gasteiger partial charge < -0.3 is 4.42 Å². The second-order valence-corrected chi connectivity index (χ2v) is 11.5. The van der Waals surface area contributed by atoms with Gasteiger partial charge in [0.25, 0.3) is 0 Å². The standard InChI is InChI=1S/C20H15ClOSi/c1-23(2)17-9-7-12(21)11-15(17)19-18(23)10-8-14-13-5-3-4-6-16(13)22-20(14)19/h3-11H,1-2H3. The fourth-order valence-corrected chi connectivity index (χ4v) is 7.20. The van der Waals surface area contributed by atoms with Crippen LogP contribution in [0.2, 0.25) is 18.1 Å². The Morgan fingerprint density at radius 3 is 2.52 bits per heavy atom. The maximum atomic E-state index is 6.30. The highest BCUT2D eigenvalue weighted by Crippen LogP contribution is 2.39. The van der Waals surface area contributed by atoms with Crippen LogP contribution in [-0.2, 0) is 0 Å². The maximum Gasteiger partial charge on any atom is 0.143 e. The summed E-state index contributed by atoms with van der Waals surface area (Å²) in [5.41, 5.74) is 4.47. The summed E-state index contributed by atoms with van der Waals surface area (Å²) in [6.45, 7) is 4.81. The highest BCUT2D eigenvalue weighted by Gasteiger charge is 2.39. The third-order valence-corrected chi connectivity index (χ3v) is 8.93. The summed E-state index contributed by atoms with van der Waals surface area (Å²) in [6, 6.07) is 19.1. The van der Waals surface area contributed by atoms with E-state index in [1.807, 2.05) is 18.2 Å². The lowest BCUT2D eigenvalue weighted by molar-refractivity contribution is 0.670. The molecule has 0 fully saturated rings. The van der Waals surface area contributed by atoms with Gasteiger partial charge >= 0.3 is 0 Å². The third kappa shape index (κ3) is 1.63. The SMILES string of the molecule is C[Si]1(C)c2ccc(Cl)cc2-c2c1ccc1c2oc2ccccc21. The van der Waals surface area contributed by atoms with Crippen molar-refractivity contribution in [3.05, 3.63) is 59.6 Å². The first-order chi connectivity index (χ1) is 11.1. The number of halogens is 1. The van der Waals surface area contributed by atoms with Gasteiger partial charge in [0.2, 0.25) is 0 Å². The maximum absolute atomic E-state index is 6.30. The number of rotatable bonds is 0. The molecule has 0 spiro atoms. The van der Waals surface area contributed by atoms with E-state index in [-0.39, 0.29) is 0 Å². The Balaban J connectivity index is 2.01. The van der Waals surface area contributed by atoms with Gasteiger partial charge in [0.1, 0.15) is 19.2 Å². The summed E-state index contributed by atoms with van der Waals surface area (Å²) < 4.78 is 6.26. The normalized spacial score (nSPS) is 15.1. The van der Waals surface area contributed by atoms with E-state index in [1.165, 1.54) is 32.3 Å². The van der Waals surface area contributed by atoms with Crippen molar-refractivity contribution >= 4 is 52.0 Å². The van der Waals surface area contributed by atoms with Gasteiger partial charge in [-0.2, -0.15) is 0 Å². The van der Waals surface area contributed by atoms with E-state index in [9.17, 15) is 0 Å². The topological polar surface area (TPSA) is 13.1 Å². The minimum absolute atomic E-state index is 0.787. The molecule has 0 saturated carbocycles. The van der Waals surface area contributed by atoms with Gasteiger partial charge in [-0.3, -0.25) is 0 Å². The predicted octanol–water partition coefficient (Wildman–Crippen LogP) is 5.04. The average molecular weight is 335 g/mol. The molecule has 0 atom stereocenters. The van der Waals surface area contributed by atoms with Crippen LogP contribution < -0.4 is 10.4 Å². The second-order valence-electron chi connectivity index (χ2n) is 6.78. The molecule has 1 aliphatic rings. The van der Waals surface area contributed by atoms with Crippen LogP contribution in [0.3, 0.4) is 0 Å². The van der Waals surface area contributed by atoms with Crippen LogP contribution in [0.1, 0.15) is 0 Å². The quantitative estimate of drug-likeness (QED) is 0.410. The minimum atomic E-state index is -1.69. The van der Waals surface area contributed by atoms with Crippen LogP contribution in [0.5, 0.6) is 0 Å². The van der Waals surface area contributed by atoms with Crippen molar-refractivity contribution in [2.24, 2.45) is 0 Å². The molecule has 3 aromatic carbocycles. The number of hydrogen-bond donors (Lipinski definition) is 0. The number of para-hydroxylation sites is 1. The van der Waals surface area contributed by atoms with Gasteiger partial charge in [-0.05, 0) is 34.1 Å². The lowest BCUT2D eigenvalue weighted by atomic mass is 10.0. The van der Waals surface area contributed by atoms with E-state index in [2.05, 4.69) is 49.5 Å². The molecule has 1 aromatic heterocycles. The molecule has 5 rings (SSSR count). The Bertz CT molecular complexity index is 1110. The summed E-state index contributed by atoms with van der Waals surface area (Å²) in [6.07, 6.45) is 0. The molecule has 2 heterocycles. The van der Waals surface area contributed by atoms with E-state index < -0.39 is 8.07 Å². The molecule has 112 valence electrons. The third-order valence-electron chi connectivity index (χ3n) is 5.14. The molecular weight excluding hydrogens is 320 g/mol. The van der Waals surface area contributed by atoms with Gasteiger partial charge in [-0.25, -0.2) is 0 Å². The zero-order chi connectivity index (χ0) is 15.8. The highest BCUT2D eigenvalue weighted by molar-refractivity contribution is 7.04. The summed E-state index contributed by atoms with van der Waals surface area (Å²) in [4.78, 5) is 0. The van der Waals surface area contributed by atoms with E-state index >= 15 is 0 Å².